The fourth-order valence-electron chi connectivity index (χ4n) is 1.75. The van der Waals surface area contributed by atoms with Crippen molar-refractivity contribution in [2.45, 2.75) is 19.3 Å². The van der Waals surface area contributed by atoms with Crippen LogP contribution in [0.2, 0.25) is 0 Å². The van der Waals surface area contributed by atoms with E-state index in [-0.39, 0.29) is 5.92 Å². The average Bonchev–Trinajstić information content (AvgIpc) is 2.39. The molecule has 17 heavy (non-hydrogen) atoms. The smallest absolute Gasteiger partial charge is 0.184 e. The van der Waals surface area contributed by atoms with Crippen molar-refractivity contribution in [3.8, 4) is 5.75 Å². The van der Waals surface area contributed by atoms with Gasteiger partial charge in [-0.1, -0.05) is 19.1 Å². The van der Waals surface area contributed by atoms with Crippen molar-refractivity contribution in [3.63, 3.8) is 0 Å². The lowest BCUT2D eigenvalue weighted by Crippen LogP contribution is -2.35. The summed E-state index contributed by atoms with van der Waals surface area (Å²) >= 11 is 0. The van der Waals surface area contributed by atoms with Crippen molar-refractivity contribution in [2.75, 3.05) is 13.7 Å². The summed E-state index contributed by atoms with van der Waals surface area (Å²) in [4.78, 5) is 10.8. The van der Waals surface area contributed by atoms with E-state index in [0.29, 0.717) is 6.61 Å². The third-order valence-electron chi connectivity index (χ3n) is 2.87. The van der Waals surface area contributed by atoms with Gasteiger partial charge in [0.2, 0.25) is 0 Å². The molecule has 1 saturated heterocycles. The Hall–Kier alpha value is -1.39. The molecule has 1 aromatic rings. The van der Waals surface area contributed by atoms with E-state index in [9.17, 15) is 4.79 Å². The van der Waals surface area contributed by atoms with Crippen LogP contribution in [0.5, 0.6) is 5.75 Å². The lowest BCUT2D eigenvalue weighted by molar-refractivity contribution is -0.230. The first-order chi connectivity index (χ1) is 8.24. The molecule has 0 amide bonds. The summed E-state index contributed by atoms with van der Waals surface area (Å²) in [6, 6.07) is 7.44. The number of carbonyl (C=O) groups excluding carboxylic acids is 1. The molecule has 0 spiro atoms. The Morgan fingerprint density at radius 3 is 2.65 bits per heavy atom. The van der Waals surface area contributed by atoms with Crippen molar-refractivity contribution in [2.24, 2.45) is 5.92 Å². The minimum atomic E-state index is -0.465. The molecule has 0 N–H and O–H groups in total. The van der Waals surface area contributed by atoms with Crippen LogP contribution < -0.4 is 4.74 Å². The van der Waals surface area contributed by atoms with Gasteiger partial charge in [0.15, 0.2) is 6.29 Å². The van der Waals surface area contributed by atoms with E-state index in [2.05, 4.69) is 0 Å². The Kier molecular flexibility index (Phi) is 3.76. The summed E-state index contributed by atoms with van der Waals surface area (Å²) in [5, 5.41) is 0. The zero-order valence-corrected chi connectivity index (χ0v) is 9.96. The monoisotopic (exact) mass is 236 g/mol. The summed E-state index contributed by atoms with van der Waals surface area (Å²) in [6.45, 7) is 2.46. The Balaban J connectivity index is 2.09. The van der Waals surface area contributed by atoms with Crippen molar-refractivity contribution >= 4 is 6.29 Å². The summed E-state index contributed by atoms with van der Waals surface area (Å²) in [5.74, 6) is 0.881. The number of benzene rings is 1. The highest BCUT2D eigenvalue weighted by atomic mass is 16.7. The van der Waals surface area contributed by atoms with E-state index in [1.165, 1.54) is 0 Å². The van der Waals surface area contributed by atoms with Crippen LogP contribution in [0.4, 0.5) is 0 Å². The van der Waals surface area contributed by atoms with Crippen molar-refractivity contribution in [1.82, 2.24) is 0 Å². The van der Waals surface area contributed by atoms with Gasteiger partial charge in [-0.05, 0) is 12.1 Å². The zero-order chi connectivity index (χ0) is 12.3. The molecule has 0 aliphatic carbocycles. The van der Waals surface area contributed by atoms with Gasteiger partial charge in [0.1, 0.15) is 18.1 Å². The van der Waals surface area contributed by atoms with Gasteiger partial charge < -0.3 is 19.0 Å². The maximum absolute atomic E-state index is 10.8. The first-order valence-corrected chi connectivity index (χ1v) is 5.61. The van der Waals surface area contributed by atoms with Crippen LogP contribution in [-0.4, -0.2) is 26.1 Å². The van der Waals surface area contributed by atoms with Gasteiger partial charge in [-0.25, -0.2) is 0 Å². The maximum Gasteiger partial charge on any atom is 0.184 e. The van der Waals surface area contributed by atoms with E-state index in [1.807, 2.05) is 31.2 Å². The SMILES string of the molecule is COc1ccc(C2OC[C@H](C)[C@@H](C=O)O2)cc1. The van der Waals surface area contributed by atoms with Gasteiger partial charge in [0, 0.05) is 11.5 Å². The highest BCUT2D eigenvalue weighted by Crippen LogP contribution is 2.29. The third-order valence-corrected chi connectivity index (χ3v) is 2.87. The fourth-order valence-corrected chi connectivity index (χ4v) is 1.75. The number of aldehydes is 1. The molecular weight excluding hydrogens is 220 g/mol. The van der Waals surface area contributed by atoms with Crippen LogP contribution in [0.15, 0.2) is 24.3 Å². The lowest BCUT2D eigenvalue weighted by Gasteiger charge is -2.32. The van der Waals surface area contributed by atoms with E-state index in [1.54, 1.807) is 7.11 Å². The largest absolute Gasteiger partial charge is 0.497 e. The topological polar surface area (TPSA) is 44.8 Å². The fraction of sp³-hybridized carbons (Fsp3) is 0.462. The minimum absolute atomic E-state index is 0.0991. The number of rotatable bonds is 3. The molecule has 3 atom stereocenters. The van der Waals surface area contributed by atoms with Crippen LogP contribution in [0.1, 0.15) is 18.8 Å². The maximum atomic E-state index is 10.8. The Labute approximate surface area is 100 Å². The molecular formula is C13H16O4. The summed E-state index contributed by atoms with van der Waals surface area (Å²) in [7, 11) is 1.62. The number of ether oxygens (including phenoxy) is 3. The first-order valence-electron chi connectivity index (χ1n) is 5.61. The standard InChI is InChI=1S/C13H16O4/c1-9-8-16-13(17-12(9)7-14)10-3-5-11(15-2)6-4-10/h3-7,9,12-13H,8H2,1-2H3/t9-,12+,13?/m0/s1. The summed E-state index contributed by atoms with van der Waals surface area (Å²) in [5.41, 5.74) is 0.893. The van der Waals surface area contributed by atoms with Crippen LogP contribution in [0, 0.1) is 5.92 Å². The van der Waals surface area contributed by atoms with Gasteiger partial charge in [0.25, 0.3) is 0 Å². The average molecular weight is 236 g/mol. The molecule has 0 radical (unpaired) electrons. The number of hydrogen-bond acceptors (Lipinski definition) is 4. The first kappa shape index (κ1) is 12.1. The molecule has 1 unspecified atom stereocenters. The molecule has 0 aromatic heterocycles. The lowest BCUT2D eigenvalue weighted by atomic mass is 10.1. The van der Waals surface area contributed by atoms with Gasteiger partial charge in [0.05, 0.1) is 13.7 Å². The predicted octanol–water partition coefficient (Wildman–Crippen LogP) is 1.94. The van der Waals surface area contributed by atoms with Crippen LogP contribution in [0.3, 0.4) is 0 Å². The highest BCUT2D eigenvalue weighted by molar-refractivity contribution is 5.56. The number of hydrogen-bond donors (Lipinski definition) is 0. The van der Waals surface area contributed by atoms with Gasteiger partial charge in [-0.2, -0.15) is 0 Å². The van der Waals surface area contributed by atoms with Gasteiger partial charge >= 0.3 is 0 Å². The van der Waals surface area contributed by atoms with Crippen molar-refractivity contribution in [3.05, 3.63) is 29.8 Å². The van der Waals surface area contributed by atoms with Gasteiger partial charge in [-0.15, -0.1) is 0 Å². The Bertz CT molecular complexity index is 374. The number of carbonyl (C=O) groups is 1. The molecule has 92 valence electrons. The highest BCUT2D eigenvalue weighted by Gasteiger charge is 2.29. The van der Waals surface area contributed by atoms with Gasteiger partial charge in [-0.3, -0.25) is 0 Å². The predicted molar refractivity (Wildman–Crippen MR) is 61.8 cm³/mol. The molecule has 1 heterocycles. The third kappa shape index (κ3) is 2.65. The van der Waals surface area contributed by atoms with Crippen LogP contribution in [0.25, 0.3) is 0 Å². The Morgan fingerprint density at radius 1 is 1.35 bits per heavy atom. The van der Waals surface area contributed by atoms with E-state index >= 15 is 0 Å². The molecule has 0 bridgehead atoms. The second-order valence-electron chi connectivity index (χ2n) is 4.15. The Morgan fingerprint density at radius 2 is 2.06 bits per heavy atom. The second-order valence-corrected chi connectivity index (χ2v) is 4.15. The summed E-state index contributed by atoms with van der Waals surface area (Å²) in [6.07, 6.45) is -0.0212. The van der Waals surface area contributed by atoms with Crippen LogP contribution in [-0.2, 0) is 14.3 Å². The normalized spacial score (nSPS) is 28.7. The quantitative estimate of drug-likeness (QED) is 0.752. The minimum Gasteiger partial charge on any atom is -0.497 e. The molecule has 1 fully saturated rings. The molecule has 1 aliphatic heterocycles. The zero-order valence-electron chi connectivity index (χ0n) is 9.96. The van der Waals surface area contributed by atoms with E-state index in [4.69, 9.17) is 14.2 Å². The molecule has 2 rings (SSSR count). The van der Waals surface area contributed by atoms with Crippen LogP contribution >= 0.6 is 0 Å². The molecule has 4 heteroatoms. The van der Waals surface area contributed by atoms with E-state index < -0.39 is 12.4 Å². The van der Waals surface area contributed by atoms with Crippen molar-refractivity contribution in [1.29, 1.82) is 0 Å². The number of methoxy groups -OCH3 is 1. The molecule has 0 saturated carbocycles. The molecule has 1 aromatic carbocycles. The van der Waals surface area contributed by atoms with E-state index in [0.717, 1.165) is 17.6 Å². The molecule has 1 aliphatic rings. The summed E-state index contributed by atoms with van der Waals surface area (Å²) < 4.78 is 16.2. The second kappa shape index (κ2) is 5.29. The van der Waals surface area contributed by atoms with Crippen molar-refractivity contribution < 1.29 is 19.0 Å². The molecule has 4 nitrogen and oxygen atoms in total.